The standard InChI is InChI=1S/C28H36F3NO3/c1-3-18-4-13-23(14-5-18)35-25-15-10-19-6-7-21(16-24(19)26(25)28(29,30)31)17(2)32-22-11-8-20(9-12-22)27(33)34/h6-7,10,15-18,20,22-23,32H,3-5,8-9,11-14H2,1-2H3,(H,33,34)/t17-,18?,20?,22?,23?/m0/s1. The number of alkyl halides is 3. The highest BCUT2D eigenvalue weighted by molar-refractivity contribution is 5.89. The third-order valence-corrected chi connectivity index (χ3v) is 8.02. The number of carbonyl (C=O) groups is 1. The van der Waals surface area contributed by atoms with Gasteiger partial charge in [-0.2, -0.15) is 13.2 Å². The molecule has 0 bridgehead atoms. The molecule has 0 spiro atoms. The number of nitrogens with one attached hydrogen (secondary N) is 1. The van der Waals surface area contributed by atoms with Crippen LogP contribution in [0.1, 0.15) is 88.8 Å². The Morgan fingerprint density at radius 2 is 1.71 bits per heavy atom. The first-order valence-electron chi connectivity index (χ1n) is 12.9. The number of carboxylic acid groups (broad SMARTS) is 1. The fourth-order valence-corrected chi connectivity index (χ4v) is 5.77. The van der Waals surface area contributed by atoms with Crippen molar-refractivity contribution in [2.24, 2.45) is 11.8 Å². The summed E-state index contributed by atoms with van der Waals surface area (Å²) < 4.78 is 48.9. The van der Waals surface area contributed by atoms with Crippen LogP contribution >= 0.6 is 0 Å². The quantitative estimate of drug-likeness (QED) is 0.421. The fraction of sp³-hybridized carbons (Fsp3) is 0.607. The number of hydrogen-bond acceptors (Lipinski definition) is 3. The minimum atomic E-state index is -4.53. The predicted octanol–water partition coefficient (Wildman–Crippen LogP) is 7.50. The van der Waals surface area contributed by atoms with Gasteiger partial charge >= 0.3 is 12.1 Å². The minimum absolute atomic E-state index is 0.0743. The van der Waals surface area contributed by atoms with E-state index in [0.717, 1.165) is 50.5 Å². The lowest BCUT2D eigenvalue weighted by Crippen LogP contribution is -2.36. The van der Waals surface area contributed by atoms with Crippen molar-refractivity contribution in [3.63, 3.8) is 0 Å². The summed E-state index contributed by atoms with van der Waals surface area (Å²) in [6.07, 6.45) is 2.72. The molecular formula is C28H36F3NO3. The van der Waals surface area contributed by atoms with Crippen LogP contribution in [0.5, 0.6) is 5.75 Å². The highest BCUT2D eigenvalue weighted by Crippen LogP contribution is 2.43. The second kappa shape index (κ2) is 10.8. The van der Waals surface area contributed by atoms with Crippen LogP contribution in [0.3, 0.4) is 0 Å². The molecule has 2 saturated carbocycles. The van der Waals surface area contributed by atoms with Crippen LogP contribution in [0.25, 0.3) is 10.8 Å². The zero-order valence-electron chi connectivity index (χ0n) is 20.5. The van der Waals surface area contributed by atoms with Crippen LogP contribution in [0.4, 0.5) is 13.2 Å². The van der Waals surface area contributed by atoms with E-state index in [-0.39, 0.29) is 35.2 Å². The van der Waals surface area contributed by atoms with E-state index in [0.29, 0.717) is 24.1 Å². The van der Waals surface area contributed by atoms with Gasteiger partial charge < -0.3 is 15.2 Å². The molecule has 0 unspecified atom stereocenters. The van der Waals surface area contributed by atoms with Gasteiger partial charge in [-0.15, -0.1) is 0 Å². The van der Waals surface area contributed by atoms with Gasteiger partial charge in [0.15, 0.2) is 0 Å². The Morgan fingerprint density at radius 1 is 1.06 bits per heavy atom. The average Bonchev–Trinajstić information content (AvgIpc) is 2.83. The van der Waals surface area contributed by atoms with Gasteiger partial charge in [0.05, 0.1) is 12.0 Å². The largest absolute Gasteiger partial charge is 0.490 e. The highest BCUT2D eigenvalue weighted by atomic mass is 19.4. The molecule has 0 amide bonds. The number of halogens is 3. The Hall–Kier alpha value is -2.28. The Kier molecular flexibility index (Phi) is 7.94. The van der Waals surface area contributed by atoms with Gasteiger partial charge in [-0.3, -0.25) is 4.79 Å². The van der Waals surface area contributed by atoms with E-state index in [4.69, 9.17) is 4.74 Å². The fourth-order valence-electron chi connectivity index (χ4n) is 5.77. The van der Waals surface area contributed by atoms with Crippen LogP contribution in [0.15, 0.2) is 30.3 Å². The van der Waals surface area contributed by atoms with Crippen molar-refractivity contribution >= 4 is 16.7 Å². The van der Waals surface area contributed by atoms with Crippen molar-refractivity contribution in [1.29, 1.82) is 0 Å². The molecule has 0 radical (unpaired) electrons. The van der Waals surface area contributed by atoms with Gasteiger partial charge in [0, 0.05) is 12.1 Å². The summed E-state index contributed by atoms with van der Waals surface area (Å²) in [6, 6.07) is 8.45. The molecule has 2 aromatic carbocycles. The summed E-state index contributed by atoms with van der Waals surface area (Å²) >= 11 is 0. The summed E-state index contributed by atoms with van der Waals surface area (Å²) in [5.74, 6) is -0.477. The Morgan fingerprint density at radius 3 is 2.31 bits per heavy atom. The molecule has 2 aliphatic rings. The first kappa shape index (κ1) is 25.8. The number of fused-ring (bicyclic) bond motifs is 1. The van der Waals surface area contributed by atoms with Gasteiger partial charge in [-0.05, 0) is 92.7 Å². The summed E-state index contributed by atoms with van der Waals surface area (Å²) in [5, 5.41) is 13.4. The van der Waals surface area contributed by atoms with Crippen molar-refractivity contribution in [1.82, 2.24) is 5.32 Å². The number of aliphatic carboxylic acids is 1. The number of benzene rings is 2. The van der Waals surface area contributed by atoms with Gasteiger partial charge in [0.2, 0.25) is 0 Å². The highest BCUT2D eigenvalue weighted by Gasteiger charge is 2.37. The predicted molar refractivity (Wildman–Crippen MR) is 131 cm³/mol. The van der Waals surface area contributed by atoms with E-state index < -0.39 is 17.7 Å². The monoisotopic (exact) mass is 491 g/mol. The molecule has 2 fully saturated rings. The summed E-state index contributed by atoms with van der Waals surface area (Å²) in [6.45, 7) is 4.11. The zero-order valence-corrected chi connectivity index (χ0v) is 20.5. The third kappa shape index (κ3) is 6.11. The van der Waals surface area contributed by atoms with Crippen LogP contribution in [0, 0.1) is 11.8 Å². The van der Waals surface area contributed by atoms with Crippen molar-refractivity contribution in [2.75, 3.05) is 0 Å². The summed E-state index contributed by atoms with van der Waals surface area (Å²) in [5.41, 5.74) is 0.0904. The number of rotatable bonds is 7. The van der Waals surface area contributed by atoms with Crippen molar-refractivity contribution in [3.05, 3.63) is 41.5 Å². The van der Waals surface area contributed by atoms with Gasteiger partial charge in [-0.1, -0.05) is 31.5 Å². The second-order valence-electron chi connectivity index (χ2n) is 10.4. The van der Waals surface area contributed by atoms with Crippen LogP contribution in [0.2, 0.25) is 0 Å². The molecule has 35 heavy (non-hydrogen) atoms. The van der Waals surface area contributed by atoms with Crippen molar-refractivity contribution in [3.8, 4) is 5.75 Å². The smallest absolute Gasteiger partial charge is 0.420 e. The van der Waals surface area contributed by atoms with Crippen LogP contribution < -0.4 is 10.1 Å². The molecule has 2 N–H and O–H groups in total. The first-order valence-corrected chi connectivity index (χ1v) is 12.9. The molecule has 0 aromatic heterocycles. The lowest BCUT2D eigenvalue weighted by Gasteiger charge is -2.30. The van der Waals surface area contributed by atoms with Crippen molar-refractivity contribution < 1.29 is 27.8 Å². The van der Waals surface area contributed by atoms with E-state index in [9.17, 15) is 23.1 Å². The van der Waals surface area contributed by atoms with Crippen LogP contribution in [-0.4, -0.2) is 23.2 Å². The molecule has 4 rings (SSSR count). The Labute approximate surface area is 205 Å². The van der Waals surface area contributed by atoms with E-state index >= 15 is 0 Å². The lowest BCUT2D eigenvalue weighted by atomic mass is 9.85. The Bertz CT molecular complexity index is 1020. The molecule has 2 aliphatic carbocycles. The maximum atomic E-state index is 14.3. The maximum Gasteiger partial charge on any atom is 0.420 e. The van der Waals surface area contributed by atoms with E-state index in [1.54, 1.807) is 18.2 Å². The molecule has 4 nitrogen and oxygen atoms in total. The molecule has 1 atom stereocenters. The maximum absolute atomic E-state index is 14.3. The molecule has 0 heterocycles. The summed E-state index contributed by atoms with van der Waals surface area (Å²) in [4.78, 5) is 11.2. The lowest BCUT2D eigenvalue weighted by molar-refractivity contribution is -0.143. The molecule has 192 valence electrons. The minimum Gasteiger partial charge on any atom is -0.490 e. The Balaban J connectivity index is 1.55. The number of ether oxygens (including phenoxy) is 1. The van der Waals surface area contributed by atoms with Gasteiger partial charge in [0.1, 0.15) is 11.3 Å². The van der Waals surface area contributed by atoms with E-state index in [1.807, 2.05) is 13.0 Å². The second-order valence-corrected chi connectivity index (χ2v) is 10.4. The number of carboxylic acids is 1. The third-order valence-electron chi connectivity index (χ3n) is 8.02. The average molecular weight is 492 g/mol. The summed E-state index contributed by atoms with van der Waals surface area (Å²) in [7, 11) is 0. The molecule has 7 heteroatoms. The van der Waals surface area contributed by atoms with Gasteiger partial charge in [-0.25, -0.2) is 0 Å². The molecule has 2 aromatic rings. The van der Waals surface area contributed by atoms with Crippen LogP contribution in [-0.2, 0) is 11.0 Å². The molecule has 0 saturated heterocycles. The van der Waals surface area contributed by atoms with E-state index in [2.05, 4.69) is 12.2 Å². The SMILES string of the molecule is CCC1CCC(Oc2ccc3ccc([C@H](C)NC4CCC(C(=O)O)CC4)cc3c2C(F)(F)F)CC1. The van der Waals surface area contributed by atoms with E-state index in [1.165, 1.54) is 6.07 Å². The zero-order chi connectivity index (χ0) is 25.2. The molecule has 0 aliphatic heterocycles. The topological polar surface area (TPSA) is 58.6 Å². The normalized spacial score (nSPS) is 26.4. The van der Waals surface area contributed by atoms with Crippen molar-refractivity contribution in [2.45, 2.75) is 96.0 Å². The molecular weight excluding hydrogens is 455 g/mol. The van der Waals surface area contributed by atoms with Gasteiger partial charge in [0.25, 0.3) is 0 Å². The number of hydrogen-bond donors (Lipinski definition) is 2. The first-order chi connectivity index (χ1) is 16.7.